The molecule has 1 unspecified atom stereocenters. The van der Waals surface area contributed by atoms with Gasteiger partial charge in [-0.2, -0.15) is 0 Å². The second kappa shape index (κ2) is 4.44. The average Bonchev–Trinajstić information content (AvgIpc) is 2.76. The molecule has 80 valence electrons. The van der Waals surface area contributed by atoms with E-state index in [0.29, 0.717) is 5.13 Å². The van der Waals surface area contributed by atoms with Gasteiger partial charge >= 0.3 is 0 Å². The van der Waals surface area contributed by atoms with Crippen LogP contribution >= 0.6 is 33.9 Å². The molecule has 2 rings (SSSR count). The SMILES string of the molecule is C#CC(I)(c1ccccc1)c1csc(N)n1. The highest BCUT2D eigenvalue weighted by atomic mass is 127. The van der Waals surface area contributed by atoms with Crippen molar-refractivity contribution < 1.29 is 0 Å². The van der Waals surface area contributed by atoms with Crippen molar-refractivity contribution in [3.05, 3.63) is 47.0 Å². The summed E-state index contributed by atoms with van der Waals surface area (Å²) in [5.41, 5.74) is 7.51. The van der Waals surface area contributed by atoms with Crippen molar-refractivity contribution in [2.75, 3.05) is 5.73 Å². The average molecular weight is 340 g/mol. The lowest BCUT2D eigenvalue weighted by atomic mass is 9.97. The second-order valence-corrected chi connectivity index (χ2v) is 5.75. The Hall–Kier alpha value is -1.06. The number of terminal acetylenes is 1. The Morgan fingerprint density at radius 3 is 2.56 bits per heavy atom. The van der Waals surface area contributed by atoms with Crippen LogP contribution in [0.4, 0.5) is 5.13 Å². The lowest BCUT2D eigenvalue weighted by Crippen LogP contribution is -2.17. The first-order chi connectivity index (χ1) is 7.66. The van der Waals surface area contributed by atoms with Gasteiger partial charge in [0, 0.05) is 5.38 Å². The molecule has 0 saturated carbocycles. The summed E-state index contributed by atoms with van der Waals surface area (Å²) >= 11 is 3.64. The number of alkyl halides is 1. The maximum absolute atomic E-state index is 5.65. The molecule has 0 aliphatic heterocycles. The highest BCUT2D eigenvalue weighted by molar-refractivity contribution is 14.1. The number of anilines is 1. The van der Waals surface area contributed by atoms with Crippen molar-refractivity contribution in [1.82, 2.24) is 4.98 Å². The fourth-order valence-corrected chi connectivity index (χ4v) is 2.88. The van der Waals surface area contributed by atoms with Crippen LogP contribution in [0.3, 0.4) is 0 Å². The van der Waals surface area contributed by atoms with Crippen molar-refractivity contribution in [3.63, 3.8) is 0 Å². The Balaban J connectivity index is 2.53. The van der Waals surface area contributed by atoms with E-state index in [2.05, 4.69) is 33.5 Å². The first-order valence-electron chi connectivity index (χ1n) is 4.60. The first kappa shape index (κ1) is 11.4. The van der Waals surface area contributed by atoms with Crippen molar-refractivity contribution in [3.8, 4) is 12.3 Å². The predicted molar refractivity (Wildman–Crippen MR) is 76.6 cm³/mol. The van der Waals surface area contributed by atoms with Gasteiger partial charge in [0.2, 0.25) is 0 Å². The molecule has 0 radical (unpaired) electrons. The molecular formula is C12H9IN2S. The summed E-state index contributed by atoms with van der Waals surface area (Å²) in [6.45, 7) is 0. The van der Waals surface area contributed by atoms with Crippen LogP contribution in [-0.2, 0) is 3.42 Å². The molecule has 1 atom stereocenters. The van der Waals surface area contributed by atoms with Gasteiger partial charge in [-0.05, 0) is 5.56 Å². The summed E-state index contributed by atoms with van der Waals surface area (Å²) in [4.78, 5) is 4.28. The number of benzene rings is 1. The summed E-state index contributed by atoms with van der Waals surface area (Å²) in [6.07, 6.45) is 5.65. The summed E-state index contributed by atoms with van der Waals surface area (Å²) < 4.78 is -0.535. The minimum atomic E-state index is -0.535. The van der Waals surface area contributed by atoms with E-state index in [1.54, 1.807) is 0 Å². The lowest BCUT2D eigenvalue weighted by molar-refractivity contribution is 0.973. The molecule has 0 spiro atoms. The highest BCUT2D eigenvalue weighted by Gasteiger charge is 2.31. The normalized spacial score (nSPS) is 14.0. The van der Waals surface area contributed by atoms with E-state index < -0.39 is 3.42 Å². The molecule has 0 amide bonds. The Morgan fingerprint density at radius 1 is 1.38 bits per heavy atom. The van der Waals surface area contributed by atoms with Crippen LogP contribution in [0.2, 0.25) is 0 Å². The molecule has 0 saturated heterocycles. The van der Waals surface area contributed by atoms with Crippen molar-refractivity contribution in [2.24, 2.45) is 0 Å². The van der Waals surface area contributed by atoms with Crippen LogP contribution < -0.4 is 5.73 Å². The fourth-order valence-electron chi connectivity index (χ4n) is 1.42. The number of nitrogens with zero attached hydrogens (tertiary/aromatic N) is 1. The minimum absolute atomic E-state index is 0.535. The monoisotopic (exact) mass is 340 g/mol. The molecule has 0 aliphatic carbocycles. The third-order valence-electron chi connectivity index (χ3n) is 2.25. The zero-order chi connectivity index (χ0) is 11.6. The smallest absolute Gasteiger partial charge is 0.180 e. The third kappa shape index (κ3) is 1.93. The Labute approximate surface area is 112 Å². The van der Waals surface area contributed by atoms with E-state index in [4.69, 9.17) is 12.2 Å². The maximum Gasteiger partial charge on any atom is 0.180 e. The number of aromatic nitrogens is 1. The van der Waals surface area contributed by atoms with E-state index in [1.807, 2.05) is 35.7 Å². The van der Waals surface area contributed by atoms with E-state index in [-0.39, 0.29) is 0 Å². The van der Waals surface area contributed by atoms with Crippen LogP contribution in [0.15, 0.2) is 35.7 Å². The van der Waals surface area contributed by atoms with Gasteiger partial charge < -0.3 is 5.73 Å². The summed E-state index contributed by atoms with van der Waals surface area (Å²) in [5.74, 6) is 2.80. The van der Waals surface area contributed by atoms with Crippen molar-refractivity contribution >= 4 is 39.1 Å². The van der Waals surface area contributed by atoms with Crippen LogP contribution in [0.5, 0.6) is 0 Å². The van der Waals surface area contributed by atoms with E-state index >= 15 is 0 Å². The fraction of sp³-hybridized carbons (Fsp3) is 0.0833. The van der Waals surface area contributed by atoms with Gasteiger partial charge in [-0.15, -0.1) is 17.8 Å². The number of nitrogens with two attached hydrogens (primary N) is 1. The van der Waals surface area contributed by atoms with Crippen molar-refractivity contribution in [1.29, 1.82) is 0 Å². The van der Waals surface area contributed by atoms with Gasteiger partial charge in [-0.25, -0.2) is 4.98 Å². The van der Waals surface area contributed by atoms with Crippen LogP contribution in [0.1, 0.15) is 11.3 Å². The molecule has 2 N–H and O–H groups in total. The number of thiazole rings is 1. The van der Waals surface area contributed by atoms with Gasteiger partial charge in [0.15, 0.2) is 5.13 Å². The number of rotatable bonds is 2. The van der Waals surface area contributed by atoms with E-state index in [0.717, 1.165) is 11.3 Å². The van der Waals surface area contributed by atoms with Gasteiger partial charge in [0.1, 0.15) is 3.42 Å². The molecule has 16 heavy (non-hydrogen) atoms. The maximum atomic E-state index is 5.65. The van der Waals surface area contributed by atoms with Crippen molar-refractivity contribution in [2.45, 2.75) is 3.42 Å². The quantitative estimate of drug-likeness (QED) is 0.519. The Kier molecular flexibility index (Phi) is 3.17. The standard InChI is InChI=1S/C12H9IN2S/c1-2-12(13,9-6-4-3-5-7-9)10-8-16-11(14)15-10/h1,3-8H,(H2,14,15). The number of hydrogen-bond donors (Lipinski definition) is 1. The molecule has 1 heterocycles. The van der Waals surface area contributed by atoms with E-state index in [9.17, 15) is 0 Å². The molecule has 1 aromatic heterocycles. The van der Waals surface area contributed by atoms with Gasteiger partial charge in [-0.1, -0.05) is 58.8 Å². The summed E-state index contributed by atoms with van der Waals surface area (Å²) in [5, 5.41) is 2.46. The Morgan fingerprint density at radius 2 is 2.06 bits per heavy atom. The largest absolute Gasteiger partial charge is 0.375 e. The third-order valence-corrected chi connectivity index (χ3v) is 4.41. The number of hydrogen-bond acceptors (Lipinski definition) is 3. The van der Waals surface area contributed by atoms with Crippen LogP contribution in [-0.4, -0.2) is 4.98 Å². The molecular weight excluding hydrogens is 331 g/mol. The molecule has 2 aromatic rings. The summed E-state index contributed by atoms with van der Waals surface area (Å²) in [7, 11) is 0. The zero-order valence-corrected chi connectivity index (χ0v) is 11.3. The van der Waals surface area contributed by atoms with Gasteiger partial charge in [-0.3, -0.25) is 0 Å². The predicted octanol–water partition coefficient (Wildman–Crippen LogP) is 3.04. The first-order valence-corrected chi connectivity index (χ1v) is 6.56. The number of nitrogen functional groups attached to an aromatic ring is 1. The minimum Gasteiger partial charge on any atom is -0.375 e. The highest BCUT2D eigenvalue weighted by Crippen LogP contribution is 2.39. The molecule has 0 aliphatic rings. The number of halogens is 1. The zero-order valence-electron chi connectivity index (χ0n) is 8.35. The topological polar surface area (TPSA) is 38.9 Å². The van der Waals surface area contributed by atoms with Gasteiger partial charge in [0.05, 0.1) is 5.69 Å². The molecule has 1 aromatic carbocycles. The molecule has 0 bridgehead atoms. The molecule has 4 heteroatoms. The molecule has 2 nitrogen and oxygen atoms in total. The van der Waals surface area contributed by atoms with Gasteiger partial charge in [0.25, 0.3) is 0 Å². The summed E-state index contributed by atoms with van der Waals surface area (Å²) in [6, 6.07) is 9.90. The lowest BCUT2D eigenvalue weighted by Gasteiger charge is -2.19. The van der Waals surface area contributed by atoms with Crippen LogP contribution in [0.25, 0.3) is 0 Å². The second-order valence-electron chi connectivity index (χ2n) is 3.24. The van der Waals surface area contributed by atoms with Crippen LogP contribution in [0, 0.1) is 12.3 Å². The van der Waals surface area contributed by atoms with E-state index in [1.165, 1.54) is 11.3 Å². The molecule has 0 fully saturated rings. The Bertz CT molecular complexity index is 529.